The van der Waals surface area contributed by atoms with E-state index in [0.717, 1.165) is 12.8 Å². The van der Waals surface area contributed by atoms with Crippen molar-refractivity contribution in [3.05, 3.63) is 0 Å². The quantitative estimate of drug-likeness (QED) is 0.556. The van der Waals surface area contributed by atoms with Crippen molar-refractivity contribution in [2.24, 2.45) is 5.92 Å². The van der Waals surface area contributed by atoms with Crippen molar-refractivity contribution in [2.45, 2.75) is 63.5 Å². The first-order valence-electron chi connectivity index (χ1n) is 6.14. The Kier molecular flexibility index (Phi) is 3.18. The number of rotatable bonds is 1. The van der Waals surface area contributed by atoms with Crippen LogP contribution in [0.25, 0.3) is 0 Å². The molecule has 1 saturated carbocycles. The fourth-order valence-corrected chi connectivity index (χ4v) is 2.71. The second-order valence-electron chi connectivity index (χ2n) is 6.01. The standard InChI is InChI=1S/C12H21NO4/c1-12(2,3)17-11(16)8-6-4-5-7(13-8)10(15)9(6)14/h6-10,13-15H,4-5H2,1-3H3/t6-,7-,8-,9-,10+/m0/s1. The zero-order chi connectivity index (χ0) is 12.8. The van der Waals surface area contributed by atoms with E-state index in [-0.39, 0.29) is 17.9 Å². The summed E-state index contributed by atoms with van der Waals surface area (Å²) >= 11 is 0. The summed E-state index contributed by atoms with van der Waals surface area (Å²) in [4.78, 5) is 12.0. The highest BCUT2D eigenvalue weighted by Crippen LogP contribution is 2.34. The number of piperidine rings is 2. The van der Waals surface area contributed by atoms with Crippen LogP contribution in [0.2, 0.25) is 0 Å². The monoisotopic (exact) mass is 243 g/mol. The van der Waals surface area contributed by atoms with Gasteiger partial charge in [-0.25, -0.2) is 0 Å². The molecule has 0 aromatic rings. The molecule has 0 radical (unpaired) electrons. The largest absolute Gasteiger partial charge is 0.459 e. The van der Waals surface area contributed by atoms with E-state index in [4.69, 9.17) is 4.74 Å². The molecule has 98 valence electrons. The van der Waals surface area contributed by atoms with Gasteiger partial charge in [-0.3, -0.25) is 10.1 Å². The molecule has 0 amide bonds. The molecule has 17 heavy (non-hydrogen) atoms. The molecular weight excluding hydrogens is 222 g/mol. The Morgan fingerprint density at radius 3 is 2.41 bits per heavy atom. The van der Waals surface area contributed by atoms with E-state index in [1.54, 1.807) is 0 Å². The number of aliphatic hydroxyl groups is 2. The second-order valence-corrected chi connectivity index (χ2v) is 6.01. The van der Waals surface area contributed by atoms with Crippen LogP contribution in [0.4, 0.5) is 0 Å². The maximum absolute atomic E-state index is 12.0. The third kappa shape index (κ3) is 2.46. The molecule has 0 unspecified atom stereocenters. The minimum Gasteiger partial charge on any atom is -0.459 e. The van der Waals surface area contributed by atoms with Crippen LogP contribution in [0, 0.1) is 5.92 Å². The van der Waals surface area contributed by atoms with Crippen LogP contribution in [-0.2, 0) is 9.53 Å². The average Bonchev–Trinajstić information content (AvgIpc) is 2.22. The number of nitrogens with one attached hydrogen (secondary N) is 1. The van der Waals surface area contributed by atoms with E-state index >= 15 is 0 Å². The molecule has 3 aliphatic rings. The number of esters is 1. The zero-order valence-corrected chi connectivity index (χ0v) is 10.5. The maximum atomic E-state index is 12.0. The summed E-state index contributed by atoms with van der Waals surface area (Å²) < 4.78 is 5.32. The Balaban J connectivity index is 2.06. The molecular formula is C12H21NO4. The van der Waals surface area contributed by atoms with Gasteiger partial charge >= 0.3 is 5.97 Å². The Morgan fingerprint density at radius 1 is 1.24 bits per heavy atom. The van der Waals surface area contributed by atoms with Gasteiger partial charge in [-0.05, 0) is 33.6 Å². The fraction of sp³-hybridized carbons (Fsp3) is 0.917. The van der Waals surface area contributed by atoms with Gasteiger partial charge in [0.15, 0.2) is 0 Å². The van der Waals surface area contributed by atoms with Crippen molar-refractivity contribution in [1.82, 2.24) is 5.32 Å². The average molecular weight is 243 g/mol. The molecule has 1 aliphatic carbocycles. The lowest BCUT2D eigenvalue weighted by atomic mass is 9.72. The predicted molar refractivity (Wildman–Crippen MR) is 61.3 cm³/mol. The van der Waals surface area contributed by atoms with Crippen LogP contribution in [0.5, 0.6) is 0 Å². The minimum absolute atomic E-state index is 0.201. The lowest BCUT2D eigenvalue weighted by Crippen LogP contribution is -2.68. The van der Waals surface area contributed by atoms with Gasteiger partial charge < -0.3 is 14.9 Å². The van der Waals surface area contributed by atoms with Gasteiger partial charge in [0.25, 0.3) is 0 Å². The number of hydrogen-bond donors (Lipinski definition) is 3. The van der Waals surface area contributed by atoms with Crippen molar-refractivity contribution in [2.75, 3.05) is 0 Å². The molecule has 5 atom stereocenters. The van der Waals surface area contributed by atoms with E-state index in [2.05, 4.69) is 5.32 Å². The summed E-state index contributed by atoms with van der Waals surface area (Å²) in [5, 5.41) is 22.7. The van der Waals surface area contributed by atoms with Gasteiger partial charge in [-0.2, -0.15) is 0 Å². The normalized spacial score (nSPS) is 41.4. The van der Waals surface area contributed by atoms with Crippen molar-refractivity contribution >= 4 is 5.97 Å². The van der Waals surface area contributed by atoms with Crippen LogP contribution in [0.15, 0.2) is 0 Å². The molecule has 5 nitrogen and oxygen atoms in total. The summed E-state index contributed by atoms with van der Waals surface area (Å²) in [6, 6.07) is -0.695. The van der Waals surface area contributed by atoms with Crippen LogP contribution < -0.4 is 5.32 Å². The van der Waals surface area contributed by atoms with E-state index in [1.165, 1.54) is 0 Å². The van der Waals surface area contributed by atoms with Crippen molar-refractivity contribution in [1.29, 1.82) is 0 Å². The van der Waals surface area contributed by atoms with Gasteiger partial charge in [0, 0.05) is 12.0 Å². The van der Waals surface area contributed by atoms with Crippen molar-refractivity contribution < 1.29 is 19.7 Å². The van der Waals surface area contributed by atoms with Gasteiger partial charge in [-0.1, -0.05) is 0 Å². The van der Waals surface area contributed by atoms with Gasteiger partial charge in [0.1, 0.15) is 11.6 Å². The lowest BCUT2D eigenvalue weighted by Gasteiger charge is -2.48. The highest BCUT2D eigenvalue weighted by molar-refractivity contribution is 5.77. The molecule has 2 bridgehead atoms. The van der Waals surface area contributed by atoms with E-state index in [0.29, 0.717) is 0 Å². The number of hydrogen-bond acceptors (Lipinski definition) is 5. The molecule has 0 aromatic heterocycles. The number of aliphatic hydroxyl groups excluding tert-OH is 2. The number of carbonyl (C=O) groups is 1. The first-order chi connectivity index (χ1) is 7.79. The molecule has 3 N–H and O–H groups in total. The second kappa shape index (κ2) is 4.23. The molecule has 3 rings (SSSR count). The maximum Gasteiger partial charge on any atom is 0.324 e. The highest BCUT2D eigenvalue weighted by Gasteiger charge is 2.50. The first-order valence-corrected chi connectivity index (χ1v) is 6.14. The van der Waals surface area contributed by atoms with E-state index < -0.39 is 23.9 Å². The molecule has 0 aromatic carbocycles. The summed E-state index contributed by atoms with van der Waals surface area (Å²) in [6.45, 7) is 5.45. The first kappa shape index (κ1) is 12.8. The fourth-order valence-electron chi connectivity index (χ4n) is 2.71. The third-order valence-electron chi connectivity index (χ3n) is 3.49. The number of carbonyl (C=O) groups excluding carboxylic acids is 1. The summed E-state index contributed by atoms with van der Waals surface area (Å²) in [5.41, 5.74) is -0.529. The van der Waals surface area contributed by atoms with Gasteiger partial charge in [0.05, 0.1) is 12.2 Å². The van der Waals surface area contributed by atoms with Crippen LogP contribution >= 0.6 is 0 Å². The minimum atomic E-state index is -0.826. The van der Waals surface area contributed by atoms with Crippen LogP contribution in [0.1, 0.15) is 33.6 Å². The zero-order valence-electron chi connectivity index (χ0n) is 10.5. The van der Waals surface area contributed by atoms with E-state index in [1.807, 2.05) is 20.8 Å². The molecule has 2 heterocycles. The Labute approximate surface area is 101 Å². The molecule has 3 fully saturated rings. The van der Waals surface area contributed by atoms with Gasteiger partial charge in [-0.15, -0.1) is 0 Å². The smallest absolute Gasteiger partial charge is 0.324 e. The number of fused-ring (bicyclic) bond motifs is 3. The Hall–Kier alpha value is -0.650. The summed E-state index contributed by atoms with van der Waals surface area (Å²) in [5.74, 6) is -0.581. The topological polar surface area (TPSA) is 78.8 Å². The molecule has 2 aliphatic heterocycles. The number of ether oxygens (including phenoxy) is 1. The van der Waals surface area contributed by atoms with Crippen molar-refractivity contribution in [3.63, 3.8) is 0 Å². The summed E-state index contributed by atoms with van der Waals surface area (Å²) in [7, 11) is 0. The summed E-state index contributed by atoms with van der Waals surface area (Å²) in [6.07, 6.45) is -0.0536. The van der Waals surface area contributed by atoms with Gasteiger partial charge in [0.2, 0.25) is 0 Å². The predicted octanol–water partition coefficient (Wildman–Crippen LogP) is -0.200. The van der Waals surface area contributed by atoms with Crippen LogP contribution in [0.3, 0.4) is 0 Å². The van der Waals surface area contributed by atoms with Crippen molar-refractivity contribution in [3.8, 4) is 0 Å². The molecule has 5 heteroatoms. The lowest BCUT2D eigenvalue weighted by molar-refractivity contribution is -0.171. The highest BCUT2D eigenvalue weighted by atomic mass is 16.6. The molecule has 2 saturated heterocycles. The SMILES string of the molecule is CC(C)(C)OC(=O)[C@H]1N[C@H]2CC[C@@H]1[C@H](O)[C@@H]2O. The Bertz CT molecular complexity index is 310. The van der Waals surface area contributed by atoms with E-state index in [9.17, 15) is 15.0 Å². The molecule has 0 spiro atoms. The Morgan fingerprint density at radius 2 is 1.88 bits per heavy atom. The van der Waals surface area contributed by atoms with Crippen LogP contribution in [-0.4, -0.2) is 46.1 Å². The third-order valence-corrected chi connectivity index (χ3v) is 3.49.